The smallest absolute Gasteiger partial charge is 0.416 e. The van der Waals surface area contributed by atoms with Crippen molar-refractivity contribution in [3.05, 3.63) is 64.2 Å². The Balaban J connectivity index is 2.22. The van der Waals surface area contributed by atoms with Crippen LogP contribution in [0, 0.1) is 0 Å². The van der Waals surface area contributed by atoms with E-state index in [0.29, 0.717) is 24.3 Å². The number of aliphatic hydroxyl groups excluding tert-OH is 1. The second-order valence-corrected chi connectivity index (χ2v) is 8.11. The Morgan fingerprint density at radius 3 is 1.86 bits per heavy atom. The van der Waals surface area contributed by atoms with E-state index in [9.17, 15) is 54.5 Å². The maximum absolute atomic E-state index is 13.3. The monoisotopic (exact) mass is 515 g/mol. The molecule has 0 radical (unpaired) electrons. The van der Waals surface area contributed by atoms with E-state index in [-0.39, 0.29) is 30.2 Å². The predicted octanol–water partition coefficient (Wildman–Crippen LogP) is 7.23. The summed E-state index contributed by atoms with van der Waals surface area (Å²) < 4.78 is 120. The second kappa shape index (κ2) is 8.92. The summed E-state index contributed by atoms with van der Waals surface area (Å²) in [5, 5.41) is 20.5. The average molecular weight is 515 g/mol. The molecule has 1 amide bonds. The van der Waals surface area contributed by atoms with Gasteiger partial charge < -0.3 is 10.2 Å². The molecule has 0 saturated heterocycles. The molecule has 1 aliphatic heterocycles. The summed E-state index contributed by atoms with van der Waals surface area (Å²) in [6, 6.07) is 1.61. The van der Waals surface area contributed by atoms with Gasteiger partial charge in [-0.05, 0) is 60.4 Å². The molecule has 0 bridgehead atoms. The zero-order valence-corrected chi connectivity index (χ0v) is 17.8. The molecule has 0 saturated carbocycles. The third-order valence-electron chi connectivity index (χ3n) is 5.92. The van der Waals surface area contributed by atoms with Gasteiger partial charge in [0.2, 0.25) is 0 Å². The van der Waals surface area contributed by atoms with Crippen LogP contribution in [0.3, 0.4) is 0 Å². The Bertz CT molecular complexity index is 1080. The van der Waals surface area contributed by atoms with Crippen molar-refractivity contribution in [1.29, 1.82) is 0 Å². The first-order valence-corrected chi connectivity index (χ1v) is 10.2. The number of hydrogen-bond acceptors (Lipinski definition) is 2. The average Bonchev–Trinajstić information content (AvgIpc) is 2.74. The van der Waals surface area contributed by atoms with E-state index in [0.717, 1.165) is 11.0 Å². The highest BCUT2D eigenvalue weighted by Crippen LogP contribution is 2.48. The molecule has 192 valence electrons. The first-order valence-electron chi connectivity index (χ1n) is 10.2. The lowest BCUT2D eigenvalue weighted by Crippen LogP contribution is -2.44. The Labute approximate surface area is 192 Å². The van der Waals surface area contributed by atoms with Crippen molar-refractivity contribution in [1.82, 2.24) is 0 Å². The van der Waals surface area contributed by atoms with Gasteiger partial charge in [-0.3, -0.25) is 4.90 Å². The zero-order chi connectivity index (χ0) is 26.5. The maximum Gasteiger partial charge on any atom is 0.416 e. The number of rotatable bonds is 3. The SMILES string of the molecule is CCC1CC(C(O)c2cc(C(F)(F)F)cc(C(F)(F)F)c2)c2cc(C(F)(F)F)ccc2N1C(=O)O. The summed E-state index contributed by atoms with van der Waals surface area (Å²) in [4.78, 5) is 12.6. The molecule has 0 aliphatic carbocycles. The number of amides is 1. The first kappa shape index (κ1) is 26.6. The van der Waals surface area contributed by atoms with Gasteiger partial charge in [0.25, 0.3) is 0 Å². The number of halogens is 9. The number of alkyl halides is 9. The van der Waals surface area contributed by atoms with Gasteiger partial charge in [-0.1, -0.05) is 6.92 Å². The van der Waals surface area contributed by atoms with Crippen LogP contribution in [-0.2, 0) is 18.5 Å². The molecule has 35 heavy (non-hydrogen) atoms. The molecule has 0 fully saturated rings. The second-order valence-electron chi connectivity index (χ2n) is 8.11. The number of nitrogens with zero attached hydrogens (tertiary/aromatic N) is 1. The summed E-state index contributed by atoms with van der Waals surface area (Å²) in [5.74, 6) is -1.42. The quantitative estimate of drug-likeness (QED) is 0.424. The van der Waals surface area contributed by atoms with E-state index in [1.54, 1.807) is 6.92 Å². The van der Waals surface area contributed by atoms with E-state index in [1.807, 2.05) is 0 Å². The number of benzene rings is 2. The third kappa shape index (κ3) is 5.34. The van der Waals surface area contributed by atoms with Crippen LogP contribution in [0.2, 0.25) is 0 Å². The largest absolute Gasteiger partial charge is 0.465 e. The number of fused-ring (bicyclic) bond motifs is 1. The van der Waals surface area contributed by atoms with Gasteiger partial charge in [-0.25, -0.2) is 4.79 Å². The standard InChI is InChI=1S/C22H18F9NO3/c1-2-14-9-16(15-8-11(20(23,24)25)3-4-17(15)32(14)19(34)35)18(33)10-5-12(21(26,27)28)7-13(6-10)22(29,30)31/h3-8,14,16,18,33H,2,9H2,1H3,(H,34,35). The van der Waals surface area contributed by atoms with Gasteiger partial charge in [-0.2, -0.15) is 39.5 Å². The van der Waals surface area contributed by atoms with Gasteiger partial charge in [-0.15, -0.1) is 0 Å². The minimum Gasteiger partial charge on any atom is -0.465 e. The molecule has 2 N–H and O–H groups in total. The lowest BCUT2D eigenvalue weighted by atomic mass is 9.78. The molecular formula is C22H18F9NO3. The van der Waals surface area contributed by atoms with Crippen molar-refractivity contribution in [3.63, 3.8) is 0 Å². The summed E-state index contributed by atoms with van der Waals surface area (Å²) in [7, 11) is 0. The summed E-state index contributed by atoms with van der Waals surface area (Å²) in [6.45, 7) is 1.55. The van der Waals surface area contributed by atoms with E-state index in [2.05, 4.69) is 0 Å². The molecule has 1 heterocycles. The van der Waals surface area contributed by atoms with Crippen LogP contribution in [0.4, 0.5) is 50.0 Å². The highest BCUT2D eigenvalue weighted by molar-refractivity contribution is 5.89. The van der Waals surface area contributed by atoms with Gasteiger partial charge in [0, 0.05) is 12.0 Å². The Morgan fingerprint density at radius 1 is 0.914 bits per heavy atom. The Morgan fingerprint density at radius 2 is 1.43 bits per heavy atom. The molecule has 3 rings (SSSR count). The van der Waals surface area contributed by atoms with Crippen LogP contribution in [-0.4, -0.2) is 22.3 Å². The van der Waals surface area contributed by atoms with Crippen molar-refractivity contribution < 1.29 is 54.5 Å². The van der Waals surface area contributed by atoms with E-state index < -0.39 is 64.9 Å². The maximum atomic E-state index is 13.3. The molecule has 1 aliphatic rings. The highest BCUT2D eigenvalue weighted by atomic mass is 19.4. The number of anilines is 1. The molecule has 3 unspecified atom stereocenters. The van der Waals surface area contributed by atoms with Crippen molar-refractivity contribution in [2.24, 2.45) is 0 Å². The summed E-state index contributed by atoms with van der Waals surface area (Å²) >= 11 is 0. The van der Waals surface area contributed by atoms with E-state index in [4.69, 9.17) is 0 Å². The van der Waals surface area contributed by atoms with Crippen LogP contribution in [0.25, 0.3) is 0 Å². The number of aliphatic hydroxyl groups is 1. The van der Waals surface area contributed by atoms with Gasteiger partial charge >= 0.3 is 24.6 Å². The fourth-order valence-corrected chi connectivity index (χ4v) is 4.26. The number of carboxylic acid groups (broad SMARTS) is 1. The van der Waals surface area contributed by atoms with Crippen LogP contribution in [0.15, 0.2) is 36.4 Å². The molecule has 0 spiro atoms. The van der Waals surface area contributed by atoms with Gasteiger partial charge in [0.15, 0.2) is 0 Å². The van der Waals surface area contributed by atoms with Crippen LogP contribution in [0.5, 0.6) is 0 Å². The minimum atomic E-state index is -5.20. The number of hydrogen-bond donors (Lipinski definition) is 2. The van der Waals surface area contributed by atoms with E-state index >= 15 is 0 Å². The molecule has 4 nitrogen and oxygen atoms in total. The highest BCUT2D eigenvalue weighted by Gasteiger charge is 2.43. The number of carbonyl (C=O) groups is 1. The molecular weight excluding hydrogens is 497 g/mol. The molecule has 13 heteroatoms. The molecule has 2 aromatic carbocycles. The van der Waals surface area contributed by atoms with Crippen molar-refractivity contribution in [2.45, 2.75) is 56.4 Å². The van der Waals surface area contributed by atoms with Crippen molar-refractivity contribution in [2.75, 3.05) is 4.90 Å². The lowest BCUT2D eigenvalue weighted by molar-refractivity contribution is -0.143. The van der Waals surface area contributed by atoms with Gasteiger partial charge in [0.05, 0.1) is 28.5 Å². The Kier molecular flexibility index (Phi) is 6.79. The van der Waals surface area contributed by atoms with Crippen molar-refractivity contribution in [3.8, 4) is 0 Å². The minimum absolute atomic E-state index is 0.117. The zero-order valence-electron chi connectivity index (χ0n) is 17.8. The molecule has 2 aromatic rings. The summed E-state index contributed by atoms with van der Waals surface area (Å²) in [5.41, 5.74) is -6.00. The van der Waals surface area contributed by atoms with Crippen LogP contribution < -0.4 is 4.90 Å². The topological polar surface area (TPSA) is 60.8 Å². The van der Waals surface area contributed by atoms with Crippen LogP contribution in [0.1, 0.15) is 59.6 Å². The summed E-state index contributed by atoms with van der Waals surface area (Å²) in [6.07, 6.45) is -19.1. The normalized spacial score (nSPS) is 19.9. The lowest BCUT2D eigenvalue weighted by Gasteiger charge is -2.41. The first-order chi connectivity index (χ1) is 15.9. The molecule has 0 aromatic heterocycles. The van der Waals surface area contributed by atoms with E-state index in [1.165, 1.54) is 0 Å². The van der Waals surface area contributed by atoms with Crippen LogP contribution >= 0.6 is 0 Å². The van der Waals surface area contributed by atoms with Gasteiger partial charge in [0.1, 0.15) is 0 Å². The Hall–Kier alpha value is -2.96. The fourth-order valence-electron chi connectivity index (χ4n) is 4.26. The fraction of sp³-hybridized carbons (Fsp3) is 0.409. The predicted molar refractivity (Wildman–Crippen MR) is 105 cm³/mol. The molecule has 3 atom stereocenters. The third-order valence-corrected chi connectivity index (χ3v) is 5.92. The van der Waals surface area contributed by atoms with Crippen molar-refractivity contribution >= 4 is 11.8 Å².